The third-order valence-corrected chi connectivity index (χ3v) is 13.2. The molecule has 2 aliphatic rings. The van der Waals surface area contributed by atoms with E-state index in [1.807, 2.05) is 12.1 Å². The van der Waals surface area contributed by atoms with Gasteiger partial charge >= 0.3 is 0 Å². The number of carbonyl (C=O) groups is 4. The van der Waals surface area contributed by atoms with Crippen molar-refractivity contribution < 1.29 is 28.7 Å². The van der Waals surface area contributed by atoms with Crippen LogP contribution in [-0.4, -0.2) is 36.8 Å². The fourth-order valence-electron chi connectivity index (χ4n) is 9.01. The number of carbonyl (C=O) groups excluding carboxylic acids is 4. The Labute approximate surface area is 365 Å². The van der Waals surface area contributed by atoms with Crippen LogP contribution in [0.25, 0.3) is 43.1 Å². The van der Waals surface area contributed by atoms with Gasteiger partial charge in [-0.05, 0) is 96.4 Å². The Morgan fingerprint density at radius 2 is 0.783 bits per heavy atom. The fraction of sp³-hybridized carbons (Fsp3) is 0.280. The molecule has 7 aromatic carbocycles. The molecule has 7 aromatic rings. The zero-order chi connectivity index (χ0) is 41.7. The molecular weight excluding hydrogens is 884 g/mol. The van der Waals surface area contributed by atoms with Crippen molar-refractivity contribution in [3.63, 3.8) is 0 Å². The Hall–Kier alpha value is -5.32. The summed E-state index contributed by atoms with van der Waals surface area (Å²) >= 11 is 7.65. The van der Waals surface area contributed by atoms with E-state index in [2.05, 4.69) is 45.7 Å². The molecule has 0 saturated heterocycles. The monoisotopic (exact) mass is 926 g/mol. The van der Waals surface area contributed by atoms with Crippen molar-refractivity contribution in [3.8, 4) is 11.5 Å². The lowest BCUT2D eigenvalue weighted by Crippen LogP contribution is -2.40. The number of nitrogens with zero attached hydrogens (tertiary/aromatic N) is 2. The maximum absolute atomic E-state index is 14.4. The summed E-state index contributed by atoms with van der Waals surface area (Å²) in [4.78, 5) is 60.0. The van der Waals surface area contributed by atoms with Gasteiger partial charge in [0, 0.05) is 52.4 Å². The number of hydrogen-bond donors (Lipinski definition) is 0. The number of halogens is 2. The van der Waals surface area contributed by atoms with Crippen LogP contribution in [0.4, 0.5) is 11.4 Å². The molecule has 0 atom stereocenters. The summed E-state index contributed by atoms with van der Waals surface area (Å²) in [7, 11) is 0. The molecule has 0 aliphatic carbocycles. The highest BCUT2D eigenvalue weighted by Crippen LogP contribution is 2.51. The maximum atomic E-state index is 14.4. The average Bonchev–Trinajstić information content (AvgIpc) is 3.25. The second-order valence-electron chi connectivity index (χ2n) is 15.8. The molecule has 0 saturated carbocycles. The van der Waals surface area contributed by atoms with Crippen molar-refractivity contribution in [1.29, 1.82) is 0 Å². The first-order chi connectivity index (χ1) is 29.2. The van der Waals surface area contributed by atoms with Crippen LogP contribution in [0, 0.1) is 0 Å². The second kappa shape index (κ2) is 16.6. The molecule has 0 unspecified atom stereocenters. The minimum absolute atomic E-state index is 0.402. The molecule has 9 rings (SSSR count). The van der Waals surface area contributed by atoms with E-state index in [-0.39, 0.29) is 0 Å². The zero-order valence-corrected chi connectivity index (χ0v) is 36.8. The molecule has 0 bridgehead atoms. The van der Waals surface area contributed by atoms with Crippen LogP contribution in [0.1, 0.15) is 119 Å². The maximum Gasteiger partial charge on any atom is 0.266 e. The van der Waals surface area contributed by atoms with Crippen LogP contribution in [0.3, 0.4) is 0 Å². The molecule has 0 aromatic heterocycles. The second-order valence-corrected chi connectivity index (χ2v) is 17.5. The third-order valence-electron chi connectivity index (χ3n) is 12.0. The number of amides is 4. The van der Waals surface area contributed by atoms with E-state index >= 15 is 0 Å². The van der Waals surface area contributed by atoms with Crippen molar-refractivity contribution >= 4 is 110 Å². The summed E-state index contributed by atoms with van der Waals surface area (Å²) in [5.74, 6) is -0.285. The molecule has 0 fully saturated rings. The van der Waals surface area contributed by atoms with E-state index in [1.54, 1.807) is 72.8 Å². The zero-order valence-electron chi connectivity index (χ0n) is 33.7. The van der Waals surface area contributed by atoms with Gasteiger partial charge in [-0.2, -0.15) is 0 Å². The summed E-state index contributed by atoms with van der Waals surface area (Å²) in [6.07, 6.45) is 11.4. The number of hydrogen-bond acceptors (Lipinski definition) is 6. The number of benzene rings is 7. The molecule has 0 radical (unpaired) electrons. The number of fused-ring (bicyclic) bond motifs is 2. The summed E-state index contributed by atoms with van der Waals surface area (Å²) in [5, 5.41) is 5.85. The van der Waals surface area contributed by atoms with E-state index in [0.717, 1.165) is 58.0 Å². The smallest absolute Gasteiger partial charge is 0.266 e. The number of rotatable bonds is 16. The van der Waals surface area contributed by atoms with Gasteiger partial charge in [-0.25, -0.2) is 9.80 Å². The lowest BCUT2D eigenvalue weighted by atomic mass is 9.82. The van der Waals surface area contributed by atoms with Gasteiger partial charge in [0.05, 0.1) is 35.7 Å². The molecular formula is C50H44Br2N2O6. The minimum Gasteiger partial charge on any atom is -0.494 e. The van der Waals surface area contributed by atoms with Crippen molar-refractivity contribution in [1.82, 2.24) is 0 Å². The molecule has 0 N–H and O–H groups in total. The molecule has 4 amide bonds. The van der Waals surface area contributed by atoms with E-state index in [1.165, 1.54) is 48.3 Å². The highest BCUT2D eigenvalue weighted by molar-refractivity contribution is 9.11. The van der Waals surface area contributed by atoms with Gasteiger partial charge < -0.3 is 9.47 Å². The molecule has 304 valence electrons. The molecule has 10 heteroatoms. The summed E-state index contributed by atoms with van der Waals surface area (Å²) in [5.41, 5.74) is 2.56. The van der Waals surface area contributed by atoms with Crippen LogP contribution < -0.4 is 19.3 Å². The lowest BCUT2D eigenvalue weighted by Gasteiger charge is -2.31. The average molecular weight is 929 g/mol. The van der Waals surface area contributed by atoms with Gasteiger partial charge in [-0.15, -0.1) is 0 Å². The first-order valence-electron chi connectivity index (χ1n) is 21.1. The quantitative estimate of drug-likeness (QED) is 0.0415. The first-order valence-corrected chi connectivity index (χ1v) is 22.6. The highest BCUT2D eigenvalue weighted by Gasteiger charge is 2.39. The predicted molar refractivity (Wildman–Crippen MR) is 247 cm³/mol. The summed E-state index contributed by atoms with van der Waals surface area (Å²) in [6.45, 7) is 5.62. The van der Waals surface area contributed by atoms with E-state index < -0.39 is 23.6 Å². The fourth-order valence-corrected chi connectivity index (χ4v) is 10.3. The van der Waals surface area contributed by atoms with Gasteiger partial charge in [0.2, 0.25) is 0 Å². The Morgan fingerprint density at radius 1 is 0.417 bits per heavy atom. The Kier molecular flexibility index (Phi) is 11.1. The van der Waals surface area contributed by atoms with Gasteiger partial charge in [0.1, 0.15) is 11.5 Å². The Bertz CT molecular complexity index is 2660. The van der Waals surface area contributed by atoms with Crippen molar-refractivity contribution in [2.24, 2.45) is 0 Å². The van der Waals surface area contributed by atoms with E-state index in [4.69, 9.17) is 9.47 Å². The van der Waals surface area contributed by atoms with Gasteiger partial charge in [-0.1, -0.05) is 109 Å². The van der Waals surface area contributed by atoms with Gasteiger partial charge in [0.15, 0.2) is 0 Å². The largest absolute Gasteiger partial charge is 0.494 e. The highest BCUT2D eigenvalue weighted by atomic mass is 79.9. The van der Waals surface area contributed by atoms with E-state index in [0.29, 0.717) is 78.1 Å². The molecule has 60 heavy (non-hydrogen) atoms. The lowest BCUT2D eigenvalue weighted by molar-refractivity contribution is 0.0877. The van der Waals surface area contributed by atoms with Crippen molar-refractivity contribution in [3.05, 3.63) is 116 Å². The molecule has 0 spiro atoms. The van der Waals surface area contributed by atoms with Crippen LogP contribution >= 0.6 is 31.9 Å². The minimum atomic E-state index is -0.421. The molecule has 2 heterocycles. The Morgan fingerprint density at radius 3 is 1.17 bits per heavy atom. The van der Waals surface area contributed by atoms with Crippen LogP contribution in [0.5, 0.6) is 11.5 Å². The van der Waals surface area contributed by atoms with Crippen LogP contribution in [0.2, 0.25) is 0 Å². The SMILES string of the molecule is CCCCCCCOc1ccc(N2C(=O)c3ccc4c5c(Br)cc6c7c(ccc(c8c(Br)cc(c3c48)C2=O)c75)C(=O)N(c2ccc(OCCCCCCC)cc2)C6=O)cc1. The van der Waals surface area contributed by atoms with E-state index in [9.17, 15) is 19.2 Å². The number of imide groups is 2. The number of anilines is 2. The Balaban J connectivity index is 1.07. The van der Waals surface area contributed by atoms with Gasteiger partial charge in [-0.3, -0.25) is 19.2 Å². The summed E-state index contributed by atoms with van der Waals surface area (Å²) in [6, 6.07) is 25.2. The normalized spacial score (nSPS) is 13.9. The number of ether oxygens (including phenoxy) is 2. The molecule has 8 nitrogen and oxygen atoms in total. The standard InChI is InChI=1S/C50H44Br2N2O6/c1-3-5-7-9-11-25-59-31-17-13-29(14-18-31)53-47(55)35-23-21-33-44-40(52)28-38-42-36(24-22-34(46(42)44)43-39(51)27-37(49(53)57)41(35)45(33)43)48(56)54(50(38)58)30-15-19-32(20-16-30)60-26-12-10-8-6-4-2/h13-24,27-28H,3-12,25-26H2,1-2H3. The van der Waals surface area contributed by atoms with Crippen LogP contribution in [0.15, 0.2) is 93.9 Å². The third kappa shape index (κ3) is 6.72. The summed E-state index contributed by atoms with van der Waals surface area (Å²) < 4.78 is 13.2. The van der Waals surface area contributed by atoms with Gasteiger partial charge in [0.25, 0.3) is 23.6 Å². The topological polar surface area (TPSA) is 93.2 Å². The predicted octanol–water partition coefficient (Wildman–Crippen LogP) is 13.6. The van der Waals surface area contributed by atoms with Crippen molar-refractivity contribution in [2.75, 3.05) is 23.0 Å². The number of unbranched alkanes of at least 4 members (excludes halogenated alkanes) is 8. The molecule has 2 aliphatic heterocycles. The first kappa shape index (κ1) is 40.1. The van der Waals surface area contributed by atoms with Crippen molar-refractivity contribution in [2.45, 2.75) is 78.1 Å². The van der Waals surface area contributed by atoms with Crippen LogP contribution in [-0.2, 0) is 0 Å².